The van der Waals surface area contributed by atoms with Crippen LogP contribution in [0.15, 0.2) is 75.5 Å². The summed E-state index contributed by atoms with van der Waals surface area (Å²) in [6.45, 7) is 2.08. The number of aromatic nitrogens is 4. The first kappa shape index (κ1) is 29.2. The van der Waals surface area contributed by atoms with Crippen LogP contribution in [0.3, 0.4) is 0 Å². The van der Waals surface area contributed by atoms with E-state index in [0.29, 0.717) is 23.6 Å². The fraction of sp³-hybridized carbons (Fsp3) is 0.300. The molecule has 0 fully saturated rings. The number of methoxy groups -OCH3 is 1. The van der Waals surface area contributed by atoms with Gasteiger partial charge >= 0.3 is 17.7 Å². The lowest BCUT2D eigenvalue weighted by Gasteiger charge is -2.35. The maximum atomic E-state index is 13.5. The second-order valence-corrected chi connectivity index (χ2v) is 10.0. The highest BCUT2D eigenvalue weighted by Crippen LogP contribution is 2.33. The number of hydrogen-bond donors (Lipinski definition) is 2. The molecule has 0 saturated heterocycles. The number of hydrogen-bond acceptors (Lipinski definition) is 8. The Kier molecular flexibility index (Phi) is 8.06. The van der Waals surface area contributed by atoms with Gasteiger partial charge in [-0.2, -0.15) is 4.98 Å². The highest BCUT2D eigenvalue weighted by molar-refractivity contribution is 5.95. The van der Waals surface area contributed by atoms with Gasteiger partial charge < -0.3 is 20.1 Å². The van der Waals surface area contributed by atoms with Gasteiger partial charge in [-0.1, -0.05) is 42.5 Å². The zero-order chi connectivity index (χ0) is 30.8. The summed E-state index contributed by atoms with van der Waals surface area (Å²) in [5.41, 5.74) is 1.31. The highest BCUT2D eigenvalue weighted by atomic mass is 16.5. The van der Waals surface area contributed by atoms with Crippen molar-refractivity contribution in [2.24, 2.45) is 14.1 Å². The largest absolute Gasteiger partial charge is 0.497 e. The molecule has 43 heavy (non-hydrogen) atoms. The molecule has 0 saturated carbocycles. The van der Waals surface area contributed by atoms with Gasteiger partial charge in [0.05, 0.1) is 37.6 Å². The zero-order valence-corrected chi connectivity index (χ0v) is 24.6. The topological polar surface area (TPSA) is 142 Å². The number of fused-ring (bicyclic) bond motifs is 1. The van der Waals surface area contributed by atoms with Crippen LogP contribution in [0.4, 0.5) is 10.7 Å². The van der Waals surface area contributed by atoms with Gasteiger partial charge in [-0.15, -0.1) is 0 Å². The molecule has 0 spiro atoms. The summed E-state index contributed by atoms with van der Waals surface area (Å²) in [5.74, 6) is 0.285. The molecule has 1 aliphatic heterocycles. The third-order valence-corrected chi connectivity index (χ3v) is 7.47. The van der Waals surface area contributed by atoms with Crippen molar-refractivity contribution < 1.29 is 19.1 Å². The van der Waals surface area contributed by atoms with Gasteiger partial charge in [0.1, 0.15) is 5.75 Å². The van der Waals surface area contributed by atoms with Gasteiger partial charge in [-0.25, -0.2) is 14.4 Å². The molecule has 4 aromatic rings. The lowest BCUT2D eigenvalue weighted by molar-refractivity contribution is -0.139. The average molecular weight is 588 g/mol. The molecule has 1 unspecified atom stereocenters. The summed E-state index contributed by atoms with van der Waals surface area (Å²) >= 11 is 0. The maximum absolute atomic E-state index is 13.5. The zero-order valence-electron chi connectivity index (χ0n) is 24.6. The number of urea groups is 1. The number of rotatable bonds is 9. The number of anilines is 1. The van der Waals surface area contributed by atoms with Crippen molar-refractivity contribution in [3.05, 3.63) is 97.8 Å². The van der Waals surface area contributed by atoms with Crippen LogP contribution < -0.4 is 26.6 Å². The van der Waals surface area contributed by atoms with Gasteiger partial charge in [0.2, 0.25) is 5.95 Å². The van der Waals surface area contributed by atoms with E-state index in [4.69, 9.17) is 9.47 Å². The van der Waals surface area contributed by atoms with Gasteiger partial charge in [-0.3, -0.25) is 23.4 Å². The van der Waals surface area contributed by atoms with Gasteiger partial charge in [0, 0.05) is 27.7 Å². The van der Waals surface area contributed by atoms with Gasteiger partial charge in [-0.05, 0) is 30.2 Å². The number of allylic oxidation sites excluding steroid dienone is 1. The average Bonchev–Trinajstić information content (AvgIpc) is 3.38. The van der Waals surface area contributed by atoms with E-state index in [-0.39, 0.29) is 35.8 Å². The van der Waals surface area contributed by atoms with Crippen LogP contribution in [0.2, 0.25) is 0 Å². The van der Waals surface area contributed by atoms with Crippen molar-refractivity contribution in [3.63, 3.8) is 0 Å². The number of carbonyl (C=O) groups is 2. The Hall–Kier alpha value is -5.33. The normalized spacial score (nSPS) is 15.0. The summed E-state index contributed by atoms with van der Waals surface area (Å²) in [7, 11) is 6.01. The first-order valence-electron chi connectivity index (χ1n) is 13.7. The van der Waals surface area contributed by atoms with Crippen molar-refractivity contribution >= 4 is 29.1 Å². The lowest BCUT2D eigenvalue weighted by atomic mass is 9.94. The van der Waals surface area contributed by atoms with E-state index in [0.717, 1.165) is 10.1 Å². The fourth-order valence-electron chi connectivity index (χ4n) is 5.11. The van der Waals surface area contributed by atoms with Crippen LogP contribution in [0.1, 0.15) is 24.1 Å². The van der Waals surface area contributed by atoms with Crippen LogP contribution in [0.5, 0.6) is 5.75 Å². The van der Waals surface area contributed by atoms with E-state index in [2.05, 4.69) is 15.6 Å². The molecule has 2 N–H and O–H groups in total. The Balaban J connectivity index is 1.72. The van der Waals surface area contributed by atoms with Crippen molar-refractivity contribution in [1.29, 1.82) is 0 Å². The predicted octanol–water partition coefficient (Wildman–Crippen LogP) is 2.27. The van der Waals surface area contributed by atoms with E-state index in [1.807, 2.05) is 30.3 Å². The minimum absolute atomic E-state index is 0.105. The number of carbonyl (C=O) groups excluding carboxylic acids is 2. The molecule has 1 atom stereocenters. The Labute approximate surface area is 247 Å². The van der Waals surface area contributed by atoms with Crippen LogP contribution in [0.25, 0.3) is 11.2 Å². The number of esters is 1. The minimum Gasteiger partial charge on any atom is -0.497 e. The van der Waals surface area contributed by atoms with Gasteiger partial charge in [0.15, 0.2) is 11.2 Å². The number of nitrogens with one attached hydrogen (secondary N) is 2. The Morgan fingerprint density at radius 2 is 1.70 bits per heavy atom. The number of aryl methyl sites for hydroxylation is 1. The second kappa shape index (κ2) is 11.9. The molecule has 2 amide bonds. The maximum Gasteiger partial charge on any atom is 0.338 e. The summed E-state index contributed by atoms with van der Waals surface area (Å²) in [4.78, 5) is 59.1. The minimum atomic E-state index is -0.841. The second-order valence-electron chi connectivity index (χ2n) is 10.0. The summed E-state index contributed by atoms with van der Waals surface area (Å²) < 4.78 is 14.6. The number of imidazole rings is 1. The van der Waals surface area contributed by atoms with Crippen molar-refractivity contribution in [2.45, 2.75) is 26.1 Å². The fourth-order valence-corrected chi connectivity index (χ4v) is 5.11. The van der Waals surface area contributed by atoms with E-state index in [1.165, 1.54) is 30.6 Å². The molecule has 3 heterocycles. The number of likely N-dealkylation sites (N-methyl/N-ethyl adjacent to an activating group) is 1. The van der Waals surface area contributed by atoms with Crippen molar-refractivity contribution in [1.82, 2.24) is 28.9 Å². The highest BCUT2D eigenvalue weighted by Gasteiger charge is 2.37. The molecule has 2 aromatic carbocycles. The van der Waals surface area contributed by atoms with Crippen LogP contribution in [-0.4, -0.2) is 56.3 Å². The first-order chi connectivity index (χ1) is 20.7. The summed E-state index contributed by atoms with van der Waals surface area (Å²) in [6.07, 6.45) is 0. The monoisotopic (exact) mass is 587 g/mol. The van der Waals surface area contributed by atoms with E-state index >= 15 is 0 Å². The third kappa shape index (κ3) is 5.36. The van der Waals surface area contributed by atoms with Crippen molar-refractivity contribution in [2.75, 3.05) is 26.1 Å². The Morgan fingerprint density at radius 1 is 1.00 bits per heavy atom. The molecule has 0 bridgehead atoms. The van der Waals surface area contributed by atoms with E-state index < -0.39 is 29.3 Å². The predicted molar refractivity (Wildman–Crippen MR) is 160 cm³/mol. The SMILES string of the molecule is CCOC(=O)C1=C(Cn2c(NCc3ccccc3)nc3c2c(=O)n(C)c(=O)n3C)N(C)C(=O)NC1c1ccc(OC)cc1. The standard InChI is InChI=1S/C30H33N7O6/c1-6-43-27(39)22-21(34(2)29(40)32-23(22)19-12-14-20(42-5)15-13-19)17-37-24-25(35(3)30(41)36(4)26(24)38)33-28(37)31-16-18-10-8-7-9-11-18/h7-15,23H,6,16-17H2,1-5H3,(H,31,33)(H,32,40). The number of amides is 2. The molecule has 0 radical (unpaired) electrons. The quantitative estimate of drug-likeness (QED) is 0.284. The first-order valence-corrected chi connectivity index (χ1v) is 13.7. The number of nitrogens with zero attached hydrogens (tertiary/aromatic N) is 5. The van der Waals surface area contributed by atoms with Gasteiger partial charge in [0.25, 0.3) is 5.56 Å². The van der Waals surface area contributed by atoms with Crippen LogP contribution in [-0.2, 0) is 36.7 Å². The van der Waals surface area contributed by atoms with E-state index in [1.54, 1.807) is 42.9 Å². The van der Waals surface area contributed by atoms with E-state index in [9.17, 15) is 19.2 Å². The molecular weight excluding hydrogens is 554 g/mol. The summed E-state index contributed by atoms with van der Waals surface area (Å²) in [6, 6.07) is 15.3. The molecule has 224 valence electrons. The lowest BCUT2D eigenvalue weighted by Crippen LogP contribution is -2.48. The molecule has 0 aliphatic carbocycles. The molecule has 1 aliphatic rings. The van der Waals surface area contributed by atoms with Crippen LogP contribution in [0, 0.1) is 0 Å². The number of ether oxygens (including phenoxy) is 2. The Bertz CT molecular complexity index is 1840. The molecule has 5 rings (SSSR count). The molecular formula is C30H33N7O6. The third-order valence-electron chi connectivity index (χ3n) is 7.47. The van der Waals surface area contributed by atoms with Crippen LogP contribution >= 0.6 is 0 Å². The Morgan fingerprint density at radius 3 is 2.35 bits per heavy atom. The van der Waals surface area contributed by atoms with Crippen molar-refractivity contribution in [3.8, 4) is 5.75 Å². The number of benzene rings is 2. The molecule has 2 aromatic heterocycles. The summed E-state index contributed by atoms with van der Waals surface area (Å²) in [5, 5.41) is 6.16. The molecule has 13 nitrogen and oxygen atoms in total. The molecule has 13 heteroatoms. The smallest absolute Gasteiger partial charge is 0.338 e.